The van der Waals surface area contributed by atoms with Crippen LogP contribution in [0.2, 0.25) is 0 Å². The Morgan fingerprint density at radius 2 is 1.88 bits per heavy atom. The van der Waals surface area contributed by atoms with Crippen molar-refractivity contribution in [1.82, 2.24) is 4.90 Å². The monoisotopic (exact) mass is 255 g/mol. The van der Waals surface area contributed by atoms with Crippen molar-refractivity contribution in [1.29, 1.82) is 0 Å². The predicted octanol–water partition coefficient (Wildman–Crippen LogP) is 2.41. The lowest BCUT2D eigenvalue weighted by atomic mass is 10.2. The van der Waals surface area contributed by atoms with Crippen LogP contribution in [0.5, 0.6) is 0 Å². The number of methoxy groups -OCH3 is 1. The Hall–Kier alpha value is -1.07. The Balaban J connectivity index is 2.72. The number of hydrogen-bond donors (Lipinski definition) is 0. The van der Waals surface area contributed by atoms with Crippen LogP contribution in [-0.2, 0) is 4.74 Å². The molecular formula is C11H13NO2S2. The van der Waals surface area contributed by atoms with Gasteiger partial charge in [-0.1, -0.05) is 24.0 Å². The number of benzene rings is 1. The van der Waals surface area contributed by atoms with Gasteiger partial charge in [-0.05, 0) is 24.3 Å². The standard InChI is InChI=1S/C11H13NO2S2/c1-12(2)11(15)16-9-6-4-8(5-7-9)10(13)14-3/h4-7H,1-3H3. The van der Waals surface area contributed by atoms with Crippen molar-refractivity contribution < 1.29 is 9.53 Å². The molecule has 0 aromatic heterocycles. The molecule has 0 fully saturated rings. The van der Waals surface area contributed by atoms with Crippen molar-refractivity contribution in [2.45, 2.75) is 4.90 Å². The molecule has 0 unspecified atom stereocenters. The van der Waals surface area contributed by atoms with Crippen LogP contribution in [0.25, 0.3) is 0 Å². The molecule has 0 spiro atoms. The van der Waals surface area contributed by atoms with Crippen LogP contribution in [0.1, 0.15) is 10.4 Å². The molecule has 0 aliphatic heterocycles. The molecule has 5 heteroatoms. The number of thiocarbonyl (C=S) groups is 1. The molecule has 0 aliphatic rings. The largest absolute Gasteiger partial charge is 0.465 e. The summed E-state index contributed by atoms with van der Waals surface area (Å²) in [5, 5.41) is 0. The van der Waals surface area contributed by atoms with Crippen LogP contribution in [-0.4, -0.2) is 36.4 Å². The highest BCUT2D eigenvalue weighted by molar-refractivity contribution is 8.22. The van der Waals surface area contributed by atoms with E-state index in [9.17, 15) is 4.79 Å². The number of rotatable bonds is 2. The highest BCUT2D eigenvalue weighted by atomic mass is 32.2. The van der Waals surface area contributed by atoms with Gasteiger partial charge in [-0.2, -0.15) is 0 Å². The molecule has 0 amide bonds. The van der Waals surface area contributed by atoms with Gasteiger partial charge in [-0.15, -0.1) is 0 Å². The van der Waals surface area contributed by atoms with Gasteiger partial charge in [0.05, 0.1) is 12.7 Å². The minimum atomic E-state index is -0.327. The number of ether oxygens (including phenoxy) is 1. The molecule has 0 heterocycles. The maximum Gasteiger partial charge on any atom is 0.337 e. The van der Waals surface area contributed by atoms with Gasteiger partial charge < -0.3 is 9.64 Å². The first-order valence-electron chi connectivity index (χ1n) is 4.62. The predicted molar refractivity (Wildman–Crippen MR) is 69.9 cm³/mol. The summed E-state index contributed by atoms with van der Waals surface area (Å²) < 4.78 is 5.40. The number of nitrogens with zero attached hydrogens (tertiary/aromatic N) is 1. The quantitative estimate of drug-likeness (QED) is 0.460. The third-order valence-electron chi connectivity index (χ3n) is 1.85. The molecule has 3 nitrogen and oxygen atoms in total. The zero-order chi connectivity index (χ0) is 12.1. The van der Waals surface area contributed by atoms with Crippen LogP contribution in [0.4, 0.5) is 0 Å². The van der Waals surface area contributed by atoms with Crippen molar-refractivity contribution >= 4 is 34.3 Å². The molecule has 1 aromatic rings. The zero-order valence-corrected chi connectivity index (χ0v) is 11.0. The number of carbonyl (C=O) groups is 1. The molecule has 0 aliphatic carbocycles. The van der Waals surface area contributed by atoms with Crippen molar-refractivity contribution in [3.05, 3.63) is 29.8 Å². The number of hydrogen-bond acceptors (Lipinski definition) is 4. The average Bonchev–Trinajstić information content (AvgIpc) is 2.28. The summed E-state index contributed by atoms with van der Waals surface area (Å²) in [5.74, 6) is -0.327. The van der Waals surface area contributed by atoms with Gasteiger partial charge in [0.25, 0.3) is 0 Å². The number of thioether (sulfide) groups is 1. The molecule has 0 radical (unpaired) electrons. The average molecular weight is 255 g/mol. The van der Waals surface area contributed by atoms with Crippen molar-refractivity contribution in [3.63, 3.8) is 0 Å². The van der Waals surface area contributed by atoms with Gasteiger partial charge in [0, 0.05) is 19.0 Å². The van der Waals surface area contributed by atoms with Gasteiger partial charge in [0.1, 0.15) is 4.32 Å². The van der Waals surface area contributed by atoms with E-state index >= 15 is 0 Å². The SMILES string of the molecule is COC(=O)c1ccc(SC(=S)N(C)C)cc1. The van der Waals surface area contributed by atoms with E-state index in [0.717, 1.165) is 9.22 Å². The third-order valence-corrected chi connectivity index (χ3v) is 3.51. The fraction of sp³-hybridized carbons (Fsp3) is 0.273. The number of esters is 1. The van der Waals surface area contributed by atoms with Gasteiger partial charge in [0.15, 0.2) is 0 Å². The minimum absolute atomic E-state index is 0.327. The molecule has 0 N–H and O–H groups in total. The maximum absolute atomic E-state index is 11.2. The molecule has 86 valence electrons. The van der Waals surface area contributed by atoms with Crippen LogP contribution >= 0.6 is 24.0 Å². The highest BCUT2D eigenvalue weighted by Crippen LogP contribution is 2.21. The molecule has 16 heavy (non-hydrogen) atoms. The molecule has 0 bridgehead atoms. The summed E-state index contributed by atoms with van der Waals surface area (Å²) in [6.07, 6.45) is 0. The van der Waals surface area contributed by atoms with E-state index in [1.807, 2.05) is 31.1 Å². The first-order valence-corrected chi connectivity index (χ1v) is 5.84. The Bertz CT molecular complexity index is 387. The van der Waals surface area contributed by atoms with Gasteiger partial charge in [-0.25, -0.2) is 4.79 Å². The van der Waals surface area contributed by atoms with Crippen LogP contribution in [0, 0.1) is 0 Å². The summed E-state index contributed by atoms with van der Waals surface area (Å²) >= 11 is 6.65. The Morgan fingerprint density at radius 1 is 1.31 bits per heavy atom. The van der Waals surface area contributed by atoms with E-state index in [1.54, 1.807) is 12.1 Å². The molecule has 0 atom stereocenters. The summed E-state index contributed by atoms with van der Waals surface area (Å²) in [4.78, 5) is 14.1. The summed E-state index contributed by atoms with van der Waals surface area (Å²) in [6.45, 7) is 0. The van der Waals surface area contributed by atoms with E-state index in [2.05, 4.69) is 4.74 Å². The van der Waals surface area contributed by atoms with E-state index in [1.165, 1.54) is 18.9 Å². The normalized spacial score (nSPS) is 9.69. The van der Waals surface area contributed by atoms with Crippen LogP contribution < -0.4 is 0 Å². The molecule has 0 saturated carbocycles. The van der Waals surface area contributed by atoms with E-state index in [-0.39, 0.29) is 5.97 Å². The molecule has 1 aromatic carbocycles. The zero-order valence-electron chi connectivity index (χ0n) is 9.39. The van der Waals surface area contributed by atoms with Crippen LogP contribution in [0.3, 0.4) is 0 Å². The third kappa shape index (κ3) is 3.50. The second-order valence-electron chi connectivity index (χ2n) is 3.28. The van der Waals surface area contributed by atoms with Gasteiger partial charge >= 0.3 is 5.97 Å². The fourth-order valence-corrected chi connectivity index (χ4v) is 1.91. The number of carbonyl (C=O) groups excluding carboxylic acids is 1. The highest BCUT2D eigenvalue weighted by Gasteiger charge is 2.06. The van der Waals surface area contributed by atoms with Gasteiger partial charge in [-0.3, -0.25) is 0 Å². The summed E-state index contributed by atoms with van der Waals surface area (Å²) in [7, 11) is 5.17. The molecular weight excluding hydrogens is 242 g/mol. The molecule has 1 rings (SSSR count). The Kier molecular flexibility index (Phi) is 4.76. The van der Waals surface area contributed by atoms with E-state index in [0.29, 0.717) is 5.56 Å². The van der Waals surface area contributed by atoms with Crippen molar-refractivity contribution in [3.8, 4) is 0 Å². The summed E-state index contributed by atoms with van der Waals surface area (Å²) in [5.41, 5.74) is 0.544. The smallest absolute Gasteiger partial charge is 0.337 e. The second-order valence-corrected chi connectivity index (χ2v) is 4.99. The van der Waals surface area contributed by atoms with E-state index < -0.39 is 0 Å². The topological polar surface area (TPSA) is 29.5 Å². The fourth-order valence-electron chi connectivity index (χ4n) is 0.969. The Morgan fingerprint density at radius 3 is 2.31 bits per heavy atom. The van der Waals surface area contributed by atoms with Gasteiger partial charge in [0.2, 0.25) is 0 Å². The lowest BCUT2D eigenvalue weighted by molar-refractivity contribution is 0.0600. The summed E-state index contributed by atoms with van der Waals surface area (Å²) in [6, 6.07) is 7.16. The first kappa shape index (κ1) is 13.0. The second kappa shape index (κ2) is 5.86. The first-order chi connectivity index (χ1) is 7.54. The maximum atomic E-state index is 11.2. The molecule has 0 saturated heterocycles. The Labute approximate surface area is 105 Å². The van der Waals surface area contributed by atoms with Crippen LogP contribution in [0.15, 0.2) is 29.2 Å². The lowest BCUT2D eigenvalue weighted by Crippen LogP contribution is -2.15. The van der Waals surface area contributed by atoms with Crippen molar-refractivity contribution in [2.24, 2.45) is 0 Å². The minimum Gasteiger partial charge on any atom is -0.465 e. The van der Waals surface area contributed by atoms with E-state index in [4.69, 9.17) is 12.2 Å². The lowest BCUT2D eigenvalue weighted by Gasteiger charge is -2.12. The van der Waals surface area contributed by atoms with Crippen molar-refractivity contribution in [2.75, 3.05) is 21.2 Å².